The lowest BCUT2D eigenvalue weighted by molar-refractivity contribution is -0.301. The number of ether oxygens (including phenoxy) is 1. The van der Waals surface area contributed by atoms with E-state index in [2.05, 4.69) is 30.8 Å². The van der Waals surface area contributed by atoms with Gasteiger partial charge in [0.1, 0.15) is 23.0 Å². The van der Waals surface area contributed by atoms with E-state index in [4.69, 9.17) is 4.74 Å². The molecule has 0 amide bonds. The first kappa shape index (κ1) is 36.1. The molecule has 46 heavy (non-hydrogen) atoms. The molecule has 0 bridgehead atoms. The van der Waals surface area contributed by atoms with Gasteiger partial charge >= 0.3 is 12.3 Å². The van der Waals surface area contributed by atoms with Crippen molar-refractivity contribution >= 4 is 5.83 Å². The van der Waals surface area contributed by atoms with Crippen molar-refractivity contribution in [3.8, 4) is 0 Å². The summed E-state index contributed by atoms with van der Waals surface area (Å²) in [5.74, 6) is -8.75. The number of unbranched alkanes of at least 4 members (excludes halogenated alkanes) is 1. The summed E-state index contributed by atoms with van der Waals surface area (Å²) >= 11 is 0. The Hall–Kier alpha value is -2.75. The van der Waals surface area contributed by atoms with Crippen LogP contribution in [0.2, 0.25) is 0 Å². The Morgan fingerprint density at radius 2 is 1.35 bits per heavy atom. The Bertz CT molecular complexity index is 1290. The van der Waals surface area contributed by atoms with Crippen LogP contribution in [0.4, 0.5) is 39.5 Å². The van der Waals surface area contributed by atoms with Gasteiger partial charge in [0, 0.05) is 11.5 Å². The molecule has 2 aliphatic carbocycles. The van der Waals surface area contributed by atoms with Gasteiger partial charge in [-0.2, -0.15) is 22.0 Å². The minimum atomic E-state index is -5.34. The molecule has 2 saturated carbocycles. The lowest BCUT2D eigenvalue weighted by atomic mass is 9.79. The maximum atomic E-state index is 15.1. The normalized spacial score (nSPS) is 23.2. The molecule has 0 unspecified atom stereocenters. The molecule has 254 valence electrons. The summed E-state index contributed by atoms with van der Waals surface area (Å²) in [6.45, 7) is 3.75. The highest BCUT2D eigenvalue weighted by atomic mass is 19.4. The smallest absolute Gasteiger partial charge is 0.317 e. The summed E-state index contributed by atoms with van der Waals surface area (Å²) < 4.78 is 131. The molecule has 2 aliphatic rings. The predicted molar refractivity (Wildman–Crippen MR) is 160 cm³/mol. The van der Waals surface area contributed by atoms with Crippen LogP contribution in [-0.2, 0) is 23.8 Å². The van der Waals surface area contributed by atoms with E-state index in [1.807, 2.05) is 6.08 Å². The lowest BCUT2D eigenvalue weighted by Gasteiger charge is -2.37. The van der Waals surface area contributed by atoms with Crippen LogP contribution < -0.4 is 0 Å². The van der Waals surface area contributed by atoms with Crippen LogP contribution in [-0.4, -0.2) is 12.2 Å². The van der Waals surface area contributed by atoms with Crippen molar-refractivity contribution in [1.82, 2.24) is 0 Å². The molecule has 0 atom stereocenters. The summed E-state index contributed by atoms with van der Waals surface area (Å²) in [5.41, 5.74) is -0.594. The number of aryl methyl sites for hydroxylation is 2. The van der Waals surface area contributed by atoms with Gasteiger partial charge in [-0.3, -0.25) is 0 Å². The zero-order valence-corrected chi connectivity index (χ0v) is 25.8. The molecule has 2 fully saturated rings. The highest BCUT2D eigenvalue weighted by molar-refractivity contribution is 5.62. The van der Waals surface area contributed by atoms with Crippen LogP contribution in [0.15, 0.2) is 54.9 Å². The van der Waals surface area contributed by atoms with E-state index >= 15 is 8.78 Å². The highest BCUT2D eigenvalue weighted by Gasteiger charge is 2.45. The van der Waals surface area contributed by atoms with Crippen LogP contribution in [0.25, 0.3) is 5.83 Å². The van der Waals surface area contributed by atoms with Crippen LogP contribution in [0, 0.1) is 29.4 Å². The van der Waals surface area contributed by atoms with Gasteiger partial charge < -0.3 is 4.74 Å². The minimum absolute atomic E-state index is 0.0174. The van der Waals surface area contributed by atoms with E-state index in [0.29, 0.717) is 31.6 Å². The number of rotatable bonds is 13. The highest BCUT2D eigenvalue weighted by Crippen LogP contribution is 2.44. The minimum Gasteiger partial charge on any atom is -0.317 e. The molecule has 0 heterocycles. The summed E-state index contributed by atoms with van der Waals surface area (Å²) in [4.78, 5) is 0. The number of hydrogen-bond acceptors (Lipinski definition) is 1. The van der Waals surface area contributed by atoms with E-state index in [9.17, 15) is 30.7 Å². The van der Waals surface area contributed by atoms with Crippen molar-refractivity contribution in [3.05, 3.63) is 88.8 Å². The van der Waals surface area contributed by atoms with Gasteiger partial charge in [-0.05, 0) is 106 Å². The molecule has 4 rings (SSSR count). The Morgan fingerprint density at radius 3 is 1.89 bits per heavy atom. The second-order valence-electron chi connectivity index (χ2n) is 12.7. The molecule has 0 N–H and O–H groups in total. The Balaban J connectivity index is 1.19. The Labute approximate surface area is 264 Å². The van der Waals surface area contributed by atoms with E-state index < -0.39 is 64.6 Å². The molecular weight excluding hydrogens is 619 g/mol. The molecule has 1 nitrogen and oxygen atoms in total. The first-order valence-corrected chi connectivity index (χ1v) is 16.1. The lowest BCUT2D eigenvalue weighted by Crippen LogP contribution is -2.39. The molecule has 0 aliphatic heterocycles. The zero-order valence-electron chi connectivity index (χ0n) is 25.8. The summed E-state index contributed by atoms with van der Waals surface area (Å²) in [7, 11) is 0. The number of alkyl halides is 5. The fourth-order valence-corrected chi connectivity index (χ4v) is 6.73. The van der Waals surface area contributed by atoms with Crippen LogP contribution in [0.3, 0.4) is 0 Å². The Morgan fingerprint density at radius 1 is 0.783 bits per heavy atom. The van der Waals surface area contributed by atoms with Gasteiger partial charge in [0.05, 0.1) is 12.0 Å². The monoisotopic (exact) mass is 660 g/mol. The van der Waals surface area contributed by atoms with E-state index in [1.54, 1.807) is 0 Å². The average Bonchev–Trinajstić information content (AvgIpc) is 3.01. The maximum absolute atomic E-state index is 15.1. The quantitative estimate of drug-likeness (QED) is 0.118. The first-order chi connectivity index (χ1) is 21.8. The van der Waals surface area contributed by atoms with E-state index in [1.165, 1.54) is 11.1 Å². The second-order valence-corrected chi connectivity index (χ2v) is 12.7. The predicted octanol–water partition coefficient (Wildman–Crippen LogP) is 12.1. The van der Waals surface area contributed by atoms with E-state index in [-0.39, 0.29) is 37.8 Å². The third-order valence-corrected chi connectivity index (χ3v) is 9.46. The van der Waals surface area contributed by atoms with Crippen molar-refractivity contribution < 1.29 is 44.3 Å². The van der Waals surface area contributed by atoms with Crippen LogP contribution >= 0.6 is 0 Å². The second kappa shape index (κ2) is 15.9. The topological polar surface area (TPSA) is 9.23 Å². The number of benzene rings is 2. The fourth-order valence-electron chi connectivity index (χ4n) is 6.73. The average molecular weight is 661 g/mol. The van der Waals surface area contributed by atoms with Crippen molar-refractivity contribution in [2.45, 2.75) is 108 Å². The molecule has 10 heteroatoms. The Kier molecular flexibility index (Phi) is 12.5. The van der Waals surface area contributed by atoms with Gasteiger partial charge in [0.2, 0.25) is 0 Å². The first-order valence-electron chi connectivity index (χ1n) is 16.1. The van der Waals surface area contributed by atoms with Crippen molar-refractivity contribution in [1.29, 1.82) is 0 Å². The third kappa shape index (κ3) is 9.64. The molecule has 2 aromatic rings. The van der Waals surface area contributed by atoms with Crippen molar-refractivity contribution in [2.75, 3.05) is 0 Å². The van der Waals surface area contributed by atoms with Gasteiger partial charge in [-0.1, -0.05) is 43.2 Å². The van der Waals surface area contributed by atoms with Crippen molar-refractivity contribution in [2.24, 2.45) is 17.8 Å². The SMILES string of the molecule is C=CCCc1ccc(CCCCC2CCC(C(F)(F)OC3CCC(/C(F)=C(\F)c4cc(F)c(C(F)(F)F)c(F)c4)CC3)CC2)cc1. The van der Waals surface area contributed by atoms with Gasteiger partial charge in [0.25, 0.3) is 0 Å². The maximum Gasteiger partial charge on any atom is 0.422 e. The summed E-state index contributed by atoms with van der Waals surface area (Å²) in [6.07, 6.45) is 0.397. The third-order valence-electron chi connectivity index (χ3n) is 9.46. The van der Waals surface area contributed by atoms with Gasteiger partial charge in [-0.15, -0.1) is 6.58 Å². The van der Waals surface area contributed by atoms with Gasteiger partial charge in [-0.25, -0.2) is 17.6 Å². The summed E-state index contributed by atoms with van der Waals surface area (Å²) in [6, 6.07) is 8.83. The van der Waals surface area contributed by atoms with Crippen LogP contribution in [0.1, 0.15) is 99.3 Å². The van der Waals surface area contributed by atoms with Crippen LogP contribution in [0.5, 0.6) is 0 Å². The largest absolute Gasteiger partial charge is 0.422 e. The molecule has 0 radical (unpaired) electrons. The fraction of sp³-hybridized carbons (Fsp3) is 0.556. The molecule has 0 saturated heterocycles. The van der Waals surface area contributed by atoms with Crippen molar-refractivity contribution in [3.63, 3.8) is 0 Å². The number of allylic oxidation sites excluding steroid dienone is 2. The molecule has 0 aromatic heterocycles. The van der Waals surface area contributed by atoms with E-state index in [0.717, 1.165) is 38.5 Å². The molecule has 2 aromatic carbocycles. The summed E-state index contributed by atoms with van der Waals surface area (Å²) in [5, 5.41) is 0. The molecular formula is C36H41F9O. The molecule has 0 spiro atoms. The zero-order chi connectivity index (χ0) is 33.5. The number of hydrogen-bond donors (Lipinski definition) is 0. The standard InChI is InChI=1S/C36H41F9O/c1-2-3-6-23-9-11-24(12-10-23)7-4-5-8-25-13-17-28(18-14-25)36(44,45)46-29-19-15-26(16-20-29)33(39)34(40)27-21-30(37)32(31(38)22-27)35(41,42)43/h2,9-12,21-22,25-26,28-29H,1,3-8,13-20H2/b34-33+. The number of halogens is 9. The van der Waals surface area contributed by atoms with Gasteiger partial charge in [0.15, 0.2) is 5.83 Å².